The van der Waals surface area contributed by atoms with E-state index in [2.05, 4.69) is 46.9 Å². The highest BCUT2D eigenvalue weighted by Crippen LogP contribution is 2.19. The molecule has 0 heterocycles. The molecule has 302 valence electrons. The summed E-state index contributed by atoms with van der Waals surface area (Å²) < 4.78 is 11.4. The van der Waals surface area contributed by atoms with Crippen molar-refractivity contribution in [3.63, 3.8) is 0 Å². The molecule has 0 aliphatic rings. The molecule has 0 saturated carbocycles. The van der Waals surface area contributed by atoms with Crippen LogP contribution in [0.1, 0.15) is 100.0 Å². The number of nitrogens with zero attached hydrogens (tertiary/aromatic N) is 2. The number of urea groups is 1. The molecule has 15 nitrogen and oxygen atoms in total. The quantitative estimate of drug-likeness (QED) is 0.0954. The Labute approximate surface area is 317 Å². The standard InChI is InChI=1S/C38H68N8O7/c1-26(2)31(44-30(47)18-19-38(8,9)53-24-20-37(6,7)40)33(49)43-29(13-12-21-41-34(39)50)32(48)42-28-16-14-27(15-17-28)25-52-35(51)45(10)22-23-46(11)36(3,4)5/h14-17,26,29,31H,12-13,18-25,40H2,1-11H3,(H,42,48)(H,43,49)(H,44,47)(H3,39,41,50)/t29-,31?/m0/s1. The van der Waals surface area contributed by atoms with Crippen molar-refractivity contribution in [2.75, 3.05) is 45.7 Å². The SMILES string of the molecule is CC(C)C(NC(=O)CCC(C)(C)OCCC(C)(C)N)C(=O)N[C@@H](CCCNC(N)=O)C(=O)Nc1ccc(COC(=O)N(C)CCN(C)C(C)(C)C)cc1. The van der Waals surface area contributed by atoms with E-state index in [4.69, 9.17) is 20.9 Å². The molecule has 0 aromatic heterocycles. The fraction of sp³-hybridized carbons (Fsp3) is 0.711. The lowest BCUT2D eigenvalue weighted by Crippen LogP contribution is -2.54. The molecule has 0 saturated heterocycles. The highest BCUT2D eigenvalue weighted by Gasteiger charge is 2.30. The van der Waals surface area contributed by atoms with Crippen LogP contribution in [0.5, 0.6) is 0 Å². The van der Waals surface area contributed by atoms with Gasteiger partial charge in [-0.1, -0.05) is 26.0 Å². The van der Waals surface area contributed by atoms with E-state index in [9.17, 15) is 24.0 Å². The minimum Gasteiger partial charge on any atom is -0.445 e. The first-order valence-corrected chi connectivity index (χ1v) is 18.4. The first-order valence-electron chi connectivity index (χ1n) is 18.4. The van der Waals surface area contributed by atoms with Crippen LogP contribution in [0.3, 0.4) is 0 Å². The van der Waals surface area contributed by atoms with E-state index in [0.29, 0.717) is 44.6 Å². The predicted octanol–water partition coefficient (Wildman–Crippen LogP) is 3.70. The number of rotatable bonds is 22. The molecule has 0 bridgehead atoms. The van der Waals surface area contributed by atoms with Crippen LogP contribution in [0.25, 0.3) is 0 Å². The van der Waals surface area contributed by atoms with E-state index >= 15 is 0 Å². The number of amides is 6. The van der Waals surface area contributed by atoms with Crippen LogP contribution < -0.4 is 32.7 Å². The fourth-order valence-corrected chi connectivity index (χ4v) is 4.80. The van der Waals surface area contributed by atoms with Crippen LogP contribution in [0.15, 0.2) is 24.3 Å². The third kappa shape index (κ3) is 20.2. The normalized spacial score (nSPS) is 13.2. The molecule has 1 rings (SSSR count). The number of benzene rings is 1. The third-order valence-corrected chi connectivity index (χ3v) is 8.87. The molecule has 0 fully saturated rings. The fourth-order valence-electron chi connectivity index (χ4n) is 4.80. The lowest BCUT2D eigenvalue weighted by Gasteiger charge is -2.33. The summed E-state index contributed by atoms with van der Waals surface area (Å²) in [7, 11) is 3.70. The Morgan fingerprint density at radius 3 is 2.04 bits per heavy atom. The summed E-state index contributed by atoms with van der Waals surface area (Å²) >= 11 is 0. The average Bonchev–Trinajstić information content (AvgIpc) is 3.04. The number of ether oxygens (including phenoxy) is 2. The number of hydrogen-bond donors (Lipinski definition) is 6. The number of hydrogen-bond acceptors (Lipinski definition) is 9. The largest absolute Gasteiger partial charge is 0.445 e. The molecule has 8 N–H and O–H groups in total. The maximum atomic E-state index is 13.5. The van der Waals surface area contributed by atoms with Crippen LogP contribution in [0.2, 0.25) is 0 Å². The molecule has 0 radical (unpaired) electrons. The number of anilines is 1. The van der Waals surface area contributed by atoms with Crippen molar-refractivity contribution < 1.29 is 33.4 Å². The van der Waals surface area contributed by atoms with Crippen molar-refractivity contribution in [1.82, 2.24) is 25.8 Å². The van der Waals surface area contributed by atoms with Crippen molar-refractivity contribution >= 4 is 35.5 Å². The minimum absolute atomic E-state index is 0.0132. The predicted molar refractivity (Wildman–Crippen MR) is 208 cm³/mol. The molecule has 1 aromatic carbocycles. The number of carbonyl (C=O) groups is 5. The Balaban J connectivity index is 2.86. The summed E-state index contributed by atoms with van der Waals surface area (Å²) in [5.74, 6) is -1.58. The van der Waals surface area contributed by atoms with Gasteiger partial charge in [-0.25, -0.2) is 9.59 Å². The topological polar surface area (TPSA) is 210 Å². The van der Waals surface area contributed by atoms with Crippen molar-refractivity contribution in [2.45, 2.75) is 130 Å². The lowest BCUT2D eigenvalue weighted by atomic mass is 9.99. The Hall–Kier alpha value is -3.95. The van der Waals surface area contributed by atoms with Crippen LogP contribution >= 0.6 is 0 Å². The van der Waals surface area contributed by atoms with Gasteiger partial charge in [0.2, 0.25) is 17.7 Å². The zero-order valence-corrected chi connectivity index (χ0v) is 34.0. The number of primary amides is 1. The van der Waals surface area contributed by atoms with Crippen LogP contribution in [0.4, 0.5) is 15.3 Å². The average molecular weight is 749 g/mol. The molecule has 15 heteroatoms. The summed E-state index contributed by atoms with van der Waals surface area (Å²) in [5, 5.41) is 10.9. The van der Waals surface area contributed by atoms with E-state index in [0.717, 1.165) is 5.56 Å². The van der Waals surface area contributed by atoms with Crippen molar-refractivity contribution in [3.05, 3.63) is 29.8 Å². The van der Waals surface area contributed by atoms with Crippen LogP contribution in [-0.4, -0.2) is 109 Å². The maximum Gasteiger partial charge on any atom is 0.409 e. The highest BCUT2D eigenvalue weighted by atomic mass is 16.6. The summed E-state index contributed by atoms with van der Waals surface area (Å²) in [5.41, 5.74) is 11.5. The van der Waals surface area contributed by atoms with Gasteiger partial charge in [0.1, 0.15) is 18.7 Å². The molecule has 0 aliphatic heterocycles. The molecule has 1 unspecified atom stereocenters. The maximum absolute atomic E-state index is 13.5. The second kappa shape index (κ2) is 21.7. The number of likely N-dealkylation sites (N-methyl/N-ethyl adjacent to an activating group) is 2. The summed E-state index contributed by atoms with van der Waals surface area (Å²) in [6, 6.07) is 4.24. The van der Waals surface area contributed by atoms with Gasteiger partial charge in [0.05, 0.1) is 5.60 Å². The van der Waals surface area contributed by atoms with Gasteiger partial charge in [0.15, 0.2) is 0 Å². The first kappa shape index (κ1) is 47.1. The van der Waals surface area contributed by atoms with Gasteiger partial charge in [-0.3, -0.25) is 19.3 Å². The first-order chi connectivity index (χ1) is 24.4. The molecular weight excluding hydrogens is 680 g/mol. The zero-order valence-electron chi connectivity index (χ0n) is 34.0. The monoisotopic (exact) mass is 749 g/mol. The van der Waals surface area contributed by atoms with Gasteiger partial charge >= 0.3 is 12.1 Å². The number of carbonyl (C=O) groups excluding carboxylic acids is 5. The lowest BCUT2D eigenvalue weighted by molar-refractivity contribution is -0.132. The van der Waals surface area contributed by atoms with E-state index < -0.39 is 41.6 Å². The van der Waals surface area contributed by atoms with Gasteiger partial charge in [-0.15, -0.1) is 0 Å². The highest BCUT2D eigenvalue weighted by molar-refractivity contribution is 5.98. The van der Waals surface area contributed by atoms with E-state index in [1.54, 1.807) is 45.2 Å². The molecule has 0 spiro atoms. The Bertz CT molecular complexity index is 1320. The smallest absolute Gasteiger partial charge is 0.409 e. The second-order valence-electron chi connectivity index (χ2n) is 16.4. The van der Waals surface area contributed by atoms with Gasteiger partial charge in [0, 0.05) is 56.5 Å². The van der Waals surface area contributed by atoms with E-state index in [1.165, 1.54) is 4.90 Å². The Morgan fingerprint density at radius 1 is 0.868 bits per heavy atom. The van der Waals surface area contributed by atoms with Crippen LogP contribution in [-0.2, 0) is 30.5 Å². The van der Waals surface area contributed by atoms with Crippen LogP contribution in [0, 0.1) is 5.92 Å². The molecular formula is C38H68N8O7. The molecule has 1 aromatic rings. The minimum atomic E-state index is -0.983. The van der Waals surface area contributed by atoms with E-state index in [-0.39, 0.29) is 48.9 Å². The van der Waals surface area contributed by atoms with Gasteiger partial charge in [-0.05, 0) is 105 Å². The Kier molecular flexibility index (Phi) is 19.3. The zero-order chi connectivity index (χ0) is 40.6. The summed E-state index contributed by atoms with van der Waals surface area (Å²) in [6.07, 6.45) is 1.34. The molecule has 2 atom stereocenters. The van der Waals surface area contributed by atoms with Gasteiger partial charge in [-0.2, -0.15) is 0 Å². The number of nitrogens with two attached hydrogens (primary N) is 2. The summed E-state index contributed by atoms with van der Waals surface area (Å²) in [4.78, 5) is 67.4. The van der Waals surface area contributed by atoms with Gasteiger partial charge < -0.3 is 47.1 Å². The van der Waals surface area contributed by atoms with Crippen molar-refractivity contribution in [1.29, 1.82) is 0 Å². The third-order valence-electron chi connectivity index (χ3n) is 8.87. The Morgan fingerprint density at radius 2 is 1.49 bits per heavy atom. The number of nitrogens with one attached hydrogen (secondary N) is 4. The van der Waals surface area contributed by atoms with Crippen molar-refractivity contribution in [2.24, 2.45) is 17.4 Å². The molecule has 6 amide bonds. The van der Waals surface area contributed by atoms with Gasteiger partial charge in [0.25, 0.3) is 0 Å². The van der Waals surface area contributed by atoms with Crippen molar-refractivity contribution in [3.8, 4) is 0 Å². The second-order valence-corrected chi connectivity index (χ2v) is 16.4. The van der Waals surface area contributed by atoms with E-state index in [1.807, 2.05) is 34.7 Å². The molecule has 0 aliphatic carbocycles. The summed E-state index contributed by atoms with van der Waals surface area (Å²) in [6.45, 7) is 19.5. The molecule has 53 heavy (non-hydrogen) atoms.